The van der Waals surface area contributed by atoms with Crippen LogP contribution >= 0.6 is 0 Å². The summed E-state index contributed by atoms with van der Waals surface area (Å²) in [5.41, 5.74) is 0.936. The van der Waals surface area contributed by atoms with Crippen LogP contribution in [-0.2, 0) is 4.79 Å². The van der Waals surface area contributed by atoms with Crippen molar-refractivity contribution in [2.24, 2.45) is 17.8 Å². The molecule has 0 amide bonds. The van der Waals surface area contributed by atoms with Crippen LogP contribution < -0.4 is 0 Å². The van der Waals surface area contributed by atoms with Crippen molar-refractivity contribution in [1.29, 1.82) is 0 Å². The van der Waals surface area contributed by atoms with E-state index in [1.807, 2.05) is 6.92 Å². The quantitative estimate of drug-likeness (QED) is 0.467. The Bertz CT molecular complexity index is 285. The summed E-state index contributed by atoms with van der Waals surface area (Å²) in [5, 5.41) is 0. The first-order valence-corrected chi connectivity index (χ1v) is 5.04. The zero-order valence-corrected chi connectivity index (χ0v) is 8.29. The fraction of sp³-hybridized carbons (Fsp3) is 0.583. The van der Waals surface area contributed by atoms with Gasteiger partial charge in [-0.1, -0.05) is 18.2 Å². The zero-order valence-electron chi connectivity index (χ0n) is 8.29. The summed E-state index contributed by atoms with van der Waals surface area (Å²) in [7, 11) is 0. The van der Waals surface area contributed by atoms with Crippen molar-refractivity contribution in [2.45, 2.75) is 26.7 Å². The van der Waals surface area contributed by atoms with Crippen molar-refractivity contribution in [3.63, 3.8) is 0 Å². The van der Waals surface area contributed by atoms with E-state index in [9.17, 15) is 4.79 Å². The van der Waals surface area contributed by atoms with E-state index in [0.29, 0.717) is 5.92 Å². The Hall–Kier alpha value is -0.850. The van der Waals surface area contributed by atoms with Gasteiger partial charge in [0.1, 0.15) is 0 Å². The molecule has 0 N–H and O–H groups in total. The van der Waals surface area contributed by atoms with Crippen LogP contribution in [0.2, 0.25) is 0 Å². The number of fused-ring (bicyclic) bond motifs is 2. The van der Waals surface area contributed by atoms with Crippen molar-refractivity contribution in [1.82, 2.24) is 0 Å². The Kier molecular flexibility index (Phi) is 2.10. The second-order valence-electron chi connectivity index (χ2n) is 4.35. The first-order valence-electron chi connectivity index (χ1n) is 5.04. The van der Waals surface area contributed by atoms with Crippen LogP contribution in [0.4, 0.5) is 0 Å². The molecule has 2 bridgehead atoms. The highest BCUT2D eigenvalue weighted by Gasteiger charge is 2.34. The number of rotatable bonds is 2. The molecular weight excluding hydrogens is 160 g/mol. The van der Waals surface area contributed by atoms with Crippen LogP contribution in [0.25, 0.3) is 0 Å². The first-order chi connectivity index (χ1) is 6.16. The third kappa shape index (κ3) is 1.60. The number of ketones is 1. The van der Waals surface area contributed by atoms with Crippen molar-refractivity contribution in [3.8, 4) is 0 Å². The van der Waals surface area contributed by atoms with E-state index in [-0.39, 0.29) is 5.78 Å². The van der Waals surface area contributed by atoms with Crippen molar-refractivity contribution in [2.75, 3.05) is 0 Å². The molecule has 0 aromatic heterocycles. The van der Waals surface area contributed by atoms with Gasteiger partial charge in [-0.05, 0) is 50.0 Å². The lowest BCUT2D eigenvalue weighted by Crippen LogP contribution is -2.05. The van der Waals surface area contributed by atoms with Crippen LogP contribution in [0.5, 0.6) is 0 Å². The fourth-order valence-corrected chi connectivity index (χ4v) is 2.45. The number of carbonyl (C=O) groups is 1. The van der Waals surface area contributed by atoms with E-state index in [4.69, 9.17) is 0 Å². The summed E-state index contributed by atoms with van der Waals surface area (Å²) in [6.07, 6.45) is 9.40. The molecule has 1 heteroatoms. The molecule has 1 nitrogen and oxygen atoms in total. The Morgan fingerprint density at radius 3 is 2.54 bits per heavy atom. The third-order valence-corrected chi connectivity index (χ3v) is 3.35. The van der Waals surface area contributed by atoms with Gasteiger partial charge in [0.25, 0.3) is 0 Å². The zero-order chi connectivity index (χ0) is 9.42. The number of hydrogen-bond acceptors (Lipinski definition) is 1. The SMILES string of the molecule is CC(=O)/C(C)=C/C1C[C@H]2C=C[C@H]1C2. The highest BCUT2D eigenvalue weighted by molar-refractivity contribution is 5.92. The average Bonchev–Trinajstić information content (AvgIpc) is 2.64. The normalized spacial score (nSPS) is 37.1. The molecule has 0 heterocycles. The summed E-state index contributed by atoms with van der Waals surface area (Å²) >= 11 is 0. The van der Waals surface area contributed by atoms with E-state index in [0.717, 1.165) is 17.4 Å². The van der Waals surface area contributed by atoms with Gasteiger partial charge in [0, 0.05) is 0 Å². The maximum atomic E-state index is 11.1. The number of allylic oxidation sites excluding steroid dienone is 4. The molecule has 13 heavy (non-hydrogen) atoms. The lowest BCUT2D eigenvalue weighted by molar-refractivity contribution is -0.113. The molecule has 0 radical (unpaired) electrons. The Labute approximate surface area is 79.5 Å². The summed E-state index contributed by atoms with van der Waals surface area (Å²) in [6, 6.07) is 0. The molecule has 1 fully saturated rings. The van der Waals surface area contributed by atoms with Crippen molar-refractivity contribution in [3.05, 3.63) is 23.8 Å². The second kappa shape index (κ2) is 3.13. The number of Topliss-reactive ketones (excluding diaryl/α,β-unsaturated/α-hetero) is 1. The smallest absolute Gasteiger partial charge is 0.155 e. The monoisotopic (exact) mass is 176 g/mol. The predicted molar refractivity (Wildman–Crippen MR) is 53.3 cm³/mol. The maximum Gasteiger partial charge on any atom is 0.155 e. The largest absolute Gasteiger partial charge is 0.295 e. The lowest BCUT2D eigenvalue weighted by Gasteiger charge is -2.14. The highest BCUT2D eigenvalue weighted by atomic mass is 16.1. The molecule has 0 spiro atoms. The average molecular weight is 176 g/mol. The second-order valence-corrected chi connectivity index (χ2v) is 4.35. The lowest BCUT2D eigenvalue weighted by atomic mass is 9.91. The number of carbonyl (C=O) groups excluding carboxylic acids is 1. The van der Waals surface area contributed by atoms with Gasteiger partial charge >= 0.3 is 0 Å². The third-order valence-electron chi connectivity index (χ3n) is 3.35. The number of hydrogen-bond donors (Lipinski definition) is 0. The van der Waals surface area contributed by atoms with Gasteiger partial charge in [0.15, 0.2) is 5.78 Å². The van der Waals surface area contributed by atoms with Gasteiger partial charge in [0.05, 0.1) is 0 Å². The van der Waals surface area contributed by atoms with E-state index >= 15 is 0 Å². The molecular formula is C12H16O. The Morgan fingerprint density at radius 2 is 2.08 bits per heavy atom. The van der Waals surface area contributed by atoms with Gasteiger partial charge in [0.2, 0.25) is 0 Å². The van der Waals surface area contributed by atoms with Crippen molar-refractivity contribution < 1.29 is 4.79 Å². The van der Waals surface area contributed by atoms with Gasteiger partial charge in [-0.15, -0.1) is 0 Å². The Balaban J connectivity index is 2.08. The summed E-state index contributed by atoms with van der Waals surface area (Å²) in [5.74, 6) is 2.37. The molecule has 0 aliphatic heterocycles. The minimum absolute atomic E-state index is 0.215. The van der Waals surface area contributed by atoms with Gasteiger partial charge in [-0.2, -0.15) is 0 Å². The first kappa shape index (κ1) is 8.74. The molecule has 70 valence electrons. The van der Waals surface area contributed by atoms with Crippen LogP contribution in [-0.4, -0.2) is 5.78 Å². The summed E-state index contributed by atoms with van der Waals surface area (Å²) in [4.78, 5) is 11.1. The highest BCUT2D eigenvalue weighted by Crippen LogP contribution is 2.44. The van der Waals surface area contributed by atoms with Crippen LogP contribution in [0.3, 0.4) is 0 Å². The summed E-state index contributed by atoms with van der Waals surface area (Å²) in [6.45, 7) is 3.58. The molecule has 2 aliphatic carbocycles. The molecule has 0 saturated heterocycles. The van der Waals surface area contributed by atoms with Crippen molar-refractivity contribution >= 4 is 5.78 Å². The van der Waals surface area contributed by atoms with E-state index in [2.05, 4.69) is 18.2 Å². The molecule has 1 saturated carbocycles. The minimum atomic E-state index is 0.215. The van der Waals surface area contributed by atoms with Crippen LogP contribution in [0.1, 0.15) is 26.7 Å². The molecule has 0 aromatic rings. The topological polar surface area (TPSA) is 17.1 Å². The summed E-state index contributed by atoms with van der Waals surface area (Å²) < 4.78 is 0. The molecule has 0 aromatic carbocycles. The van der Waals surface area contributed by atoms with Crippen LogP contribution in [0.15, 0.2) is 23.8 Å². The maximum absolute atomic E-state index is 11.1. The van der Waals surface area contributed by atoms with Crippen LogP contribution in [0, 0.1) is 17.8 Å². The van der Waals surface area contributed by atoms with Gasteiger partial charge in [-0.25, -0.2) is 0 Å². The van der Waals surface area contributed by atoms with Gasteiger partial charge < -0.3 is 0 Å². The fourth-order valence-electron chi connectivity index (χ4n) is 2.45. The van der Waals surface area contributed by atoms with Gasteiger partial charge in [-0.3, -0.25) is 4.79 Å². The predicted octanol–water partition coefficient (Wildman–Crippen LogP) is 2.73. The minimum Gasteiger partial charge on any atom is -0.295 e. The van der Waals surface area contributed by atoms with E-state index in [1.54, 1.807) is 6.92 Å². The van der Waals surface area contributed by atoms with E-state index in [1.165, 1.54) is 12.8 Å². The molecule has 2 rings (SSSR count). The van der Waals surface area contributed by atoms with E-state index < -0.39 is 0 Å². The Morgan fingerprint density at radius 1 is 1.31 bits per heavy atom. The molecule has 1 unspecified atom stereocenters. The standard InChI is InChI=1S/C12H16O/c1-8(9(2)13)5-12-7-10-3-4-11(12)6-10/h3-5,10-12H,6-7H2,1-2H3/b8-5+/t10-,11-,12?/m0/s1. The molecule has 3 atom stereocenters. The molecule has 2 aliphatic rings.